The van der Waals surface area contributed by atoms with Crippen LogP contribution in [0.4, 0.5) is 0 Å². The van der Waals surface area contributed by atoms with E-state index in [0.29, 0.717) is 18.0 Å². The van der Waals surface area contributed by atoms with Crippen molar-refractivity contribution >= 4 is 0 Å². The summed E-state index contributed by atoms with van der Waals surface area (Å²) in [6, 6.07) is 9.20. The van der Waals surface area contributed by atoms with Crippen LogP contribution in [-0.4, -0.2) is 13.2 Å². The second kappa shape index (κ2) is 6.65. The Kier molecular flexibility index (Phi) is 5.49. The Morgan fingerprint density at radius 3 is 2.18 bits per heavy atom. The summed E-state index contributed by atoms with van der Waals surface area (Å²) < 4.78 is 5.17. The lowest BCUT2D eigenvalue weighted by Crippen LogP contribution is -2.33. The van der Waals surface area contributed by atoms with Crippen molar-refractivity contribution in [2.75, 3.05) is 7.11 Å². The first-order valence-corrected chi connectivity index (χ1v) is 6.48. The zero-order valence-electron chi connectivity index (χ0n) is 11.7. The highest BCUT2D eigenvalue weighted by Gasteiger charge is 2.13. The van der Waals surface area contributed by atoms with E-state index in [4.69, 9.17) is 4.74 Å². The molecule has 0 saturated heterocycles. The van der Waals surface area contributed by atoms with Gasteiger partial charge in [-0.2, -0.15) is 0 Å². The Bertz CT molecular complexity index is 320. The first-order chi connectivity index (χ1) is 8.08. The number of rotatable bonds is 6. The van der Waals surface area contributed by atoms with Gasteiger partial charge in [0.1, 0.15) is 5.75 Å². The van der Waals surface area contributed by atoms with Crippen LogP contribution in [0.1, 0.15) is 45.7 Å². The van der Waals surface area contributed by atoms with Crippen molar-refractivity contribution in [1.82, 2.24) is 5.32 Å². The molecule has 0 bridgehead atoms. The van der Waals surface area contributed by atoms with Gasteiger partial charge in [-0.05, 0) is 37.5 Å². The van der Waals surface area contributed by atoms with Crippen molar-refractivity contribution in [3.05, 3.63) is 29.8 Å². The maximum atomic E-state index is 5.17. The van der Waals surface area contributed by atoms with Gasteiger partial charge in [0.25, 0.3) is 0 Å². The van der Waals surface area contributed by atoms with E-state index < -0.39 is 0 Å². The van der Waals surface area contributed by atoms with Gasteiger partial charge < -0.3 is 10.1 Å². The molecule has 0 spiro atoms. The van der Waals surface area contributed by atoms with E-state index in [9.17, 15) is 0 Å². The van der Waals surface area contributed by atoms with E-state index in [1.807, 2.05) is 12.1 Å². The molecule has 1 N–H and O–H groups in total. The first kappa shape index (κ1) is 14.0. The average molecular weight is 235 g/mol. The number of hydrogen-bond donors (Lipinski definition) is 1. The van der Waals surface area contributed by atoms with Crippen molar-refractivity contribution in [1.29, 1.82) is 0 Å². The average Bonchev–Trinajstić information content (AvgIpc) is 2.37. The van der Waals surface area contributed by atoms with Crippen LogP contribution in [0.2, 0.25) is 0 Å². The van der Waals surface area contributed by atoms with Gasteiger partial charge in [0, 0.05) is 12.1 Å². The van der Waals surface area contributed by atoms with Gasteiger partial charge in [0.05, 0.1) is 7.11 Å². The van der Waals surface area contributed by atoms with Crippen LogP contribution in [0.5, 0.6) is 5.75 Å². The highest BCUT2D eigenvalue weighted by Crippen LogP contribution is 2.19. The van der Waals surface area contributed by atoms with Crippen molar-refractivity contribution in [3.8, 4) is 5.75 Å². The van der Waals surface area contributed by atoms with Crippen LogP contribution in [0, 0.1) is 5.92 Å². The Morgan fingerprint density at radius 1 is 1.12 bits per heavy atom. The van der Waals surface area contributed by atoms with Crippen molar-refractivity contribution in [3.63, 3.8) is 0 Å². The molecule has 0 heterocycles. The molecule has 0 aliphatic carbocycles. The summed E-state index contributed by atoms with van der Waals surface area (Å²) >= 11 is 0. The van der Waals surface area contributed by atoms with Crippen LogP contribution in [0.15, 0.2) is 24.3 Å². The fourth-order valence-corrected chi connectivity index (χ4v) is 1.90. The maximum Gasteiger partial charge on any atom is 0.118 e. The number of hydrogen-bond acceptors (Lipinski definition) is 2. The van der Waals surface area contributed by atoms with E-state index in [2.05, 4.69) is 45.1 Å². The Morgan fingerprint density at radius 2 is 1.71 bits per heavy atom. The molecule has 0 aliphatic rings. The van der Waals surface area contributed by atoms with Crippen LogP contribution in [0.3, 0.4) is 0 Å². The number of benzene rings is 1. The molecule has 17 heavy (non-hydrogen) atoms. The fourth-order valence-electron chi connectivity index (χ4n) is 1.90. The predicted molar refractivity (Wildman–Crippen MR) is 73.5 cm³/mol. The summed E-state index contributed by atoms with van der Waals surface area (Å²) in [5.41, 5.74) is 1.31. The Labute approximate surface area is 105 Å². The molecular formula is C15H25NO. The van der Waals surface area contributed by atoms with Gasteiger partial charge >= 0.3 is 0 Å². The molecule has 0 saturated carbocycles. The normalized spacial score (nSPS) is 16.3. The van der Waals surface area contributed by atoms with Crippen LogP contribution in [-0.2, 0) is 0 Å². The molecule has 2 unspecified atom stereocenters. The number of methoxy groups -OCH3 is 1. The predicted octanol–water partition coefficient (Wildman–Crippen LogP) is 3.78. The molecule has 2 heteroatoms. The Balaban J connectivity index is 2.59. The molecule has 0 fully saturated rings. The summed E-state index contributed by atoms with van der Waals surface area (Å²) in [7, 11) is 1.70. The third-order valence-electron chi connectivity index (χ3n) is 3.63. The second-order valence-electron chi connectivity index (χ2n) is 4.84. The van der Waals surface area contributed by atoms with Crippen LogP contribution < -0.4 is 10.1 Å². The zero-order valence-corrected chi connectivity index (χ0v) is 11.7. The molecule has 1 aromatic carbocycles. The van der Waals surface area contributed by atoms with Gasteiger partial charge in [-0.1, -0.05) is 32.4 Å². The maximum absolute atomic E-state index is 5.17. The third-order valence-corrected chi connectivity index (χ3v) is 3.63. The summed E-state index contributed by atoms with van der Waals surface area (Å²) in [4.78, 5) is 0. The van der Waals surface area contributed by atoms with Crippen molar-refractivity contribution < 1.29 is 4.74 Å². The molecule has 1 rings (SSSR count). The monoisotopic (exact) mass is 235 g/mol. The summed E-state index contributed by atoms with van der Waals surface area (Å²) in [6.07, 6.45) is 1.21. The molecule has 1 aromatic rings. The summed E-state index contributed by atoms with van der Waals surface area (Å²) in [6.45, 7) is 8.99. The fraction of sp³-hybridized carbons (Fsp3) is 0.600. The molecular weight excluding hydrogens is 210 g/mol. The SMILES string of the molecule is CCC(C)C(C)N[C@@H](C)c1ccc(OC)cc1. The quantitative estimate of drug-likeness (QED) is 0.810. The van der Waals surface area contributed by atoms with Crippen molar-refractivity contribution in [2.45, 2.75) is 46.2 Å². The third kappa shape index (κ3) is 4.04. The minimum absolute atomic E-state index is 0.380. The Hall–Kier alpha value is -1.02. The summed E-state index contributed by atoms with van der Waals surface area (Å²) in [5.74, 6) is 1.62. The van der Waals surface area contributed by atoms with Crippen LogP contribution >= 0.6 is 0 Å². The van der Waals surface area contributed by atoms with Crippen molar-refractivity contribution in [2.24, 2.45) is 5.92 Å². The zero-order chi connectivity index (χ0) is 12.8. The highest BCUT2D eigenvalue weighted by molar-refractivity contribution is 5.28. The number of ether oxygens (including phenoxy) is 1. The lowest BCUT2D eigenvalue weighted by atomic mass is 9.99. The van der Waals surface area contributed by atoms with Crippen LogP contribution in [0.25, 0.3) is 0 Å². The smallest absolute Gasteiger partial charge is 0.118 e. The minimum Gasteiger partial charge on any atom is -0.497 e. The van der Waals surface area contributed by atoms with Gasteiger partial charge in [0.2, 0.25) is 0 Å². The second-order valence-corrected chi connectivity index (χ2v) is 4.84. The van der Waals surface area contributed by atoms with Gasteiger partial charge in [-0.3, -0.25) is 0 Å². The van der Waals surface area contributed by atoms with Gasteiger partial charge in [0.15, 0.2) is 0 Å². The molecule has 0 aliphatic heterocycles. The molecule has 0 aromatic heterocycles. The van der Waals surface area contributed by atoms with E-state index in [-0.39, 0.29) is 0 Å². The molecule has 0 amide bonds. The molecule has 2 nitrogen and oxygen atoms in total. The topological polar surface area (TPSA) is 21.3 Å². The first-order valence-electron chi connectivity index (χ1n) is 6.48. The standard InChI is InChI=1S/C15H25NO/c1-6-11(2)12(3)16-13(4)14-7-9-15(17-5)10-8-14/h7-13,16H,6H2,1-5H3/t11?,12?,13-/m0/s1. The van der Waals surface area contributed by atoms with E-state index >= 15 is 0 Å². The molecule has 0 radical (unpaired) electrons. The highest BCUT2D eigenvalue weighted by atomic mass is 16.5. The van der Waals surface area contributed by atoms with E-state index in [0.717, 1.165) is 5.75 Å². The van der Waals surface area contributed by atoms with Gasteiger partial charge in [-0.25, -0.2) is 0 Å². The minimum atomic E-state index is 0.380. The van der Waals surface area contributed by atoms with E-state index in [1.54, 1.807) is 7.11 Å². The number of nitrogens with one attached hydrogen (secondary N) is 1. The largest absolute Gasteiger partial charge is 0.497 e. The lowest BCUT2D eigenvalue weighted by Gasteiger charge is -2.24. The van der Waals surface area contributed by atoms with Gasteiger partial charge in [-0.15, -0.1) is 0 Å². The molecule has 96 valence electrons. The molecule has 3 atom stereocenters. The van der Waals surface area contributed by atoms with E-state index in [1.165, 1.54) is 12.0 Å². The lowest BCUT2D eigenvalue weighted by molar-refractivity contribution is 0.360. The summed E-state index contributed by atoms with van der Waals surface area (Å²) in [5, 5.41) is 3.64.